The summed E-state index contributed by atoms with van der Waals surface area (Å²) in [7, 11) is 0. The van der Waals surface area contributed by atoms with Gasteiger partial charge in [0.25, 0.3) is 0 Å². The first-order valence-electron chi connectivity index (χ1n) is 4.21. The fraction of sp³-hybridized carbons (Fsp3) is 0.750. The molecule has 0 unspecified atom stereocenters. The third-order valence-electron chi connectivity index (χ3n) is 1.49. The lowest BCUT2D eigenvalue weighted by Crippen LogP contribution is -2.23. The fourth-order valence-corrected chi connectivity index (χ4v) is 0.777. The topological polar surface area (TPSA) is 72.2 Å². The van der Waals surface area contributed by atoms with Crippen LogP contribution in [-0.4, -0.2) is 18.4 Å². The van der Waals surface area contributed by atoms with E-state index < -0.39 is 0 Å². The Kier molecular flexibility index (Phi) is 6.05. The van der Waals surface area contributed by atoms with E-state index in [9.17, 15) is 9.59 Å². The molecule has 0 aromatic rings. The summed E-state index contributed by atoms with van der Waals surface area (Å²) < 4.78 is 0. The summed E-state index contributed by atoms with van der Waals surface area (Å²) in [6.45, 7) is 2.44. The number of nitrogens with two attached hydrogens (primary N) is 1. The first kappa shape index (κ1) is 10.9. The number of nitrogens with one attached hydrogen (secondary N) is 1. The van der Waals surface area contributed by atoms with Gasteiger partial charge in [-0.15, -0.1) is 0 Å². The van der Waals surface area contributed by atoms with Crippen LogP contribution in [0, 0.1) is 0 Å². The molecule has 4 nitrogen and oxygen atoms in total. The number of hydrogen-bond donors (Lipinski definition) is 2. The normalized spacial score (nSPS) is 9.42. The van der Waals surface area contributed by atoms with Gasteiger partial charge in [-0.1, -0.05) is 6.92 Å². The van der Waals surface area contributed by atoms with Crippen molar-refractivity contribution in [2.45, 2.75) is 32.6 Å². The maximum atomic E-state index is 10.7. The molecular formula is C8H16N2O2. The molecule has 0 saturated heterocycles. The van der Waals surface area contributed by atoms with Gasteiger partial charge in [-0.05, 0) is 12.8 Å². The standard InChI is InChI=1S/C8H16N2O2/c1-2-8(12)10-6-4-3-5-7(9)11/h2-6H2,1H3,(H2,9,11)(H,10,12). The van der Waals surface area contributed by atoms with E-state index in [1.807, 2.05) is 0 Å². The van der Waals surface area contributed by atoms with Crippen molar-refractivity contribution < 1.29 is 9.59 Å². The van der Waals surface area contributed by atoms with Gasteiger partial charge in [0.15, 0.2) is 0 Å². The molecule has 0 saturated carbocycles. The van der Waals surface area contributed by atoms with Crippen molar-refractivity contribution in [1.82, 2.24) is 5.32 Å². The van der Waals surface area contributed by atoms with Crippen LogP contribution in [0.15, 0.2) is 0 Å². The maximum absolute atomic E-state index is 10.7. The number of carbonyl (C=O) groups is 2. The molecule has 0 heterocycles. The highest BCUT2D eigenvalue weighted by atomic mass is 16.1. The molecular weight excluding hydrogens is 156 g/mol. The van der Waals surface area contributed by atoms with Crippen molar-refractivity contribution in [2.24, 2.45) is 5.73 Å². The smallest absolute Gasteiger partial charge is 0.219 e. The molecule has 2 amide bonds. The second-order valence-electron chi connectivity index (χ2n) is 2.63. The van der Waals surface area contributed by atoms with E-state index >= 15 is 0 Å². The average molecular weight is 172 g/mol. The van der Waals surface area contributed by atoms with Gasteiger partial charge in [-0.25, -0.2) is 0 Å². The first-order chi connectivity index (χ1) is 5.66. The van der Waals surface area contributed by atoms with Gasteiger partial charge in [-0.2, -0.15) is 0 Å². The van der Waals surface area contributed by atoms with Gasteiger partial charge >= 0.3 is 0 Å². The maximum Gasteiger partial charge on any atom is 0.219 e. The molecule has 70 valence electrons. The molecule has 0 aromatic heterocycles. The molecule has 3 N–H and O–H groups in total. The van der Waals surface area contributed by atoms with Crippen molar-refractivity contribution >= 4 is 11.8 Å². The minimum absolute atomic E-state index is 0.0501. The molecule has 12 heavy (non-hydrogen) atoms. The van der Waals surface area contributed by atoms with Crippen molar-refractivity contribution in [3.63, 3.8) is 0 Å². The molecule has 0 aliphatic rings. The summed E-state index contributed by atoms with van der Waals surface area (Å²) in [6.07, 6.45) is 2.48. The number of rotatable bonds is 6. The Hall–Kier alpha value is -1.06. The summed E-state index contributed by atoms with van der Waals surface area (Å²) in [6, 6.07) is 0. The second-order valence-corrected chi connectivity index (χ2v) is 2.63. The molecule has 0 bridgehead atoms. The van der Waals surface area contributed by atoms with Gasteiger partial charge in [0, 0.05) is 19.4 Å². The highest BCUT2D eigenvalue weighted by Gasteiger charge is 1.96. The summed E-state index contributed by atoms with van der Waals surface area (Å²) in [5.74, 6) is -0.231. The lowest BCUT2D eigenvalue weighted by molar-refractivity contribution is -0.120. The summed E-state index contributed by atoms with van der Waals surface area (Å²) in [5.41, 5.74) is 4.93. The molecule has 0 rings (SSSR count). The molecule has 4 heteroatoms. The summed E-state index contributed by atoms with van der Waals surface area (Å²) in [5, 5.41) is 2.72. The second kappa shape index (κ2) is 6.64. The molecule has 0 aromatic carbocycles. The number of amides is 2. The fourth-order valence-electron chi connectivity index (χ4n) is 0.777. The lowest BCUT2D eigenvalue weighted by Gasteiger charge is -2.01. The van der Waals surface area contributed by atoms with Gasteiger partial charge < -0.3 is 11.1 Å². The Morgan fingerprint density at radius 1 is 1.33 bits per heavy atom. The summed E-state index contributed by atoms with van der Waals surface area (Å²) in [4.78, 5) is 21.0. The third kappa shape index (κ3) is 7.05. The molecule has 0 spiro atoms. The predicted octanol–water partition coefficient (Wildman–Crippen LogP) is 0.168. The molecule has 0 aliphatic heterocycles. The minimum Gasteiger partial charge on any atom is -0.370 e. The van der Waals surface area contributed by atoms with E-state index in [2.05, 4.69) is 5.32 Å². The van der Waals surface area contributed by atoms with E-state index in [0.717, 1.165) is 12.8 Å². The molecule has 0 fully saturated rings. The van der Waals surface area contributed by atoms with Crippen LogP contribution in [-0.2, 0) is 9.59 Å². The number of carbonyl (C=O) groups excluding carboxylic acids is 2. The van der Waals surface area contributed by atoms with Gasteiger partial charge in [-0.3, -0.25) is 9.59 Å². The molecule has 0 aliphatic carbocycles. The Labute approximate surface area is 72.5 Å². The number of hydrogen-bond acceptors (Lipinski definition) is 2. The predicted molar refractivity (Wildman–Crippen MR) is 46.3 cm³/mol. The number of unbranched alkanes of at least 4 members (excludes halogenated alkanes) is 1. The van der Waals surface area contributed by atoms with Crippen LogP contribution < -0.4 is 11.1 Å². The zero-order valence-corrected chi connectivity index (χ0v) is 7.43. The monoisotopic (exact) mass is 172 g/mol. The zero-order valence-electron chi connectivity index (χ0n) is 7.43. The van der Waals surface area contributed by atoms with Crippen LogP contribution in [0.4, 0.5) is 0 Å². The summed E-state index contributed by atoms with van der Waals surface area (Å²) >= 11 is 0. The largest absolute Gasteiger partial charge is 0.370 e. The van der Waals surface area contributed by atoms with Crippen molar-refractivity contribution in [3.05, 3.63) is 0 Å². The number of primary amides is 1. The van der Waals surface area contributed by atoms with Crippen LogP contribution in [0.3, 0.4) is 0 Å². The molecule has 0 radical (unpaired) electrons. The van der Waals surface area contributed by atoms with Gasteiger partial charge in [0.2, 0.25) is 11.8 Å². The van der Waals surface area contributed by atoms with E-state index in [1.165, 1.54) is 0 Å². The van der Waals surface area contributed by atoms with Crippen LogP contribution in [0.1, 0.15) is 32.6 Å². The van der Waals surface area contributed by atoms with E-state index in [-0.39, 0.29) is 11.8 Å². The molecule has 0 atom stereocenters. The van der Waals surface area contributed by atoms with Crippen molar-refractivity contribution in [1.29, 1.82) is 0 Å². The first-order valence-corrected chi connectivity index (χ1v) is 4.21. The lowest BCUT2D eigenvalue weighted by atomic mass is 10.2. The Balaban J connectivity index is 3.11. The highest BCUT2D eigenvalue weighted by molar-refractivity contribution is 5.75. The quantitative estimate of drug-likeness (QED) is 0.560. The Morgan fingerprint density at radius 2 is 2.00 bits per heavy atom. The SMILES string of the molecule is CCC(=O)NCCCCC(N)=O. The van der Waals surface area contributed by atoms with E-state index in [1.54, 1.807) is 6.92 Å². The average Bonchev–Trinajstić information content (AvgIpc) is 2.03. The van der Waals surface area contributed by atoms with Gasteiger partial charge in [0.05, 0.1) is 0 Å². The Morgan fingerprint density at radius 3 is 2.50 bits per heavy atom. The minimum atomic E-state index is -0.281. The van der Waals surface area contributed by atoms with Crippen LogP contribution in [0.2, 0.25) is 0 Å². The third-order valence-corrected chi connectivity index (χ3v) is 1.49. The van der Waals surface area contributed by atoms with Crippen molar-refractivity contribution in [3.8, 4) is 0 Å². The van der Waals surface area contributed by atoms with E-state index in [0.29, 0.717) is 19.4 Å². The van der Waals surface area contributed by atoms with Crippen LogP contribution in [0.25, 0.3) is 0 Å². The van der Waals surface area contributed by atoms with Gasteiger partial charge in [0.1, 0.15) is 0 Å². The van der Waals surface area contributed by atoms with Crippen LogP contribution >= 0.6 is 0 Å². The zero-order chi connectivity index (χ0) is 9.40. The van der Waals surface area contributed by atoms with Crippen molar-refractivity contribution in [2.75, 3.05) is 6.54 Å². The van der Waals surface area contributed by atoms with E-state index in [4.69, 9.17) is 5.73 Å². The van der Waals surface area contributed by atoms with Crippen LogP contribution in [0.5, 0.6) is 0 Å². The Bertz CT molecular complexity index is 157. The highest BCUT2D eigenvalue weighted by Crippen LogP contribution is 1.92.